The van der Waals surface area contributed by atoms with Gasteiger partial charge in [0, 0.05) is 18.8 Å². The largest absolute Gasteiger partial charge is 0.354 e. The third-order valence-corrected chi connectivity index (χ3v) is 4.01. The summed E-state index contributed by atoms with van der Waals surface area (Å²) in [7, 11) is -3.84. The standard InChI is InChI=1S/C12H19N3O4S/c1-8(2)6-14-12(17)9(3)15-20(18,19)10-4-5-11(16)13-7-10/h4-5,7-9,15H,6H2,1-3H3,(H,13,16)(H,14,17). The quantitative estimate of drug-likeness (QED) is 0.677. The van der Waals surface area contributed by atoms with E-state index in [9.17, 15) is 18.0 Å². The minimum atomic E-state index is -3.84. The first-order chi connectivity index (χ1) is 9.22. The molecule has 0 aliphatic rings. The van der Waals surface area contributed by atoms with Gasteiger partial charge in [-0.15, -0.1) is 0 Å². The van der Waals surface area contributed by atoms with Crippen LogP contribution >= 0.6 is 0 Å². The molecule has 0 aromatic carbocycles. The van der Waals surface area contributed by atoms with Crippen LogP contribution in [0.5, 0.6) is 0 Å². The molecule has 0 saturated heterocycles. The van der Waals surface area contributed by atoms with Gasteiger partial charge in [-0.25, -0.2) is 8.42 Å². The normalized spacial score (nSPS) is 13.2. The molecular formula is C12H19N3O4S. The van der Waals surface area contributed by atoms with Crippen LogP contribution in [0.2, 0.25) is 0 Å². The van der Waals surface area contributed by atoms with Crippen LogP contribution in [0.3, 0.4) is 0 Å². The van der Waals surface area contributed by atoms with E-state index >= 15 is 0 Å². The molecule has 1 atom stereocenters. The molecule has 20 heavy (non-hydrogen) atoms. The number of sulfonamides is 1. The second-order valence-corrected chi connectivity index (χ2v) is 6.58. The van der Waals surface area contributed by atoms with E-state index in [2.05, 4.69) is 15.0 Å². The number of H-pyrrole nitrogens is 1. The van der Waals surface area contributed by atoms with Crippen LogP contribution in [-0.2, 0) is 14.8 Å². The first-order valence-corrected chi connectivity index (χ1v) is 7.69. The van der Waals surface area contributed by atoms with Gasteiger partial charge in [0.25, 0.3) is 0 Å². The van der Waals surface area contributed by atoms with Gasteiger partial charge in [-0.1, -0.05) is 13.8 Å². The third kappa shape index (κ3) is 4.78. The Bertz CT molecular complexity index is 601. The van der Waals surface area contributed by atoms with Gasteiger partial charge in [0.2, 0.25) is 21.5 Å². The average Bonchev–Trinajstić information content (AvgIpc) is 2.35. The number of carbonyl (C=O) groups is 1. The Balaban J connectivity index is 2.73. The number of rotatable bonds is 6. The molecule has 0 aliphatic heterocycles. The van der Waals surface area contributed by atoms with Gasteiger partial charge in [0.05, 0.1) is 10.9 Å². The maximum atomic E-state index is 12.0. The fourth-order valence-electron chi connectivity index (χ4n) is 1.38. The van der Waals surface area contributed by atoms with Crippen LogP contribution in [0.4, 0.5) is 0 Å². The Kier molecular flexibility index (Phi) is 5.46. The van der Waals surface area contributed by atoms with Crippen molar-refractivity contribution in [1.82, 2.24) is 15.0 Å². The van der Waals surface area contributed by atoms with Crippen LogP contribution in [0.25, 0.3) is 0 Å². The highest BCUT2D eigenvalue weighted by Gasteiger charge is 2.22. The Morgan fingerprint density at radius 1 is 1.30 bits per heavy atom. The zero-order chi connectivity index (χ0) is 15.3. The van der Waals surface area contributed by atoms with Crippen LogP contribution in [0, 0.1) is 5.92 Å². The topological polar surface area (TPSA) is 108 Å². The summed E-state index contributed by atoms with van der Waals surface area (Å²) in [6, 6.07) is 1.39. The number of hydrogen-bond acceptors (Lipinski definition) is 4. The highest BCUT2D eigenvalue weighted by molar-refractivity contribution is 7.89. The molecule has 1 heterocycles. The molecule has 0 saturated carbocycles. The van der Waals surface area contributed by atoms with Gasteiger partial charge >= 0.3 is 0 Å². The molecule has 7 nitrogen and oxygen atoms in total. The molecule has 1 amide bonds. The molecule has 1 aromatic heterocycles. The molecule has 112 valence electrons. The number of carbonyl (C=O) groups excluding carboxylic acids is 1. The Morgan fingerprint density at radius 3 is 2.45 bits per heavy atom. The van der Waals surface area contributed by atoms with E-state index in [4.69, 9.17) is 0 Å². The first kappa shape index (κ1) is 16.4. The summed E-state index contributed by atoms with van der Waals surface area (Å²) >= 11 is 0. The molecule has 8 heteroatoms. The second-order valence-electron chi connectivity index (χ2n) is 4.87. The number of nitrogens with one attached hydrogen (secondary N) is 3. The van der Waals surface area contributed by atoms with Gasteiger partial charge in [0.1, 0.15) is 0 Å². The molecule has 0 spiro atoms. The highest BCUT2D eigenvalue weighted by Crippen LogP contribution is 2.05. The predicted octanol–water partition coefficient (Wildman–Crippen LogP) is -0.186. The monoisotopic (exact) mass is 301 g/mol. The van der Waals surface area contributed by atoms with Crippen molar-refractivity contribution >= 4 is 15.9 Å². The predicted molar refractivity (Wildman–Crippen MR) is 74.7 cm³/mol. The molecule has 1 aromatic rings. The van der Waals surface area contributed by atoms with Crippen LogP contribution in [0.15, 0.2) is 28.0 Å². The van der Waals surface area contributed by atoms with Crippen molar-refractivity contribution in [3.63, 3.8) is 0 Å². The molecule has 1 rings (SSSR count). The summed E-state index contributed by atoms with van der Waals surface area (Å²) in [4.78, 5) is 24.8. The summed E-state index contributed by atoms with van der Waals surface area (Å²) < 4.78 is 26.2. The summed E-state index contributed by atoms with van der Waals surface area (Å²) in [6.07, 6.45) is 1.09. The van der Waals surface area contributed by atoms with Crippen molar-refractivity contribution in [1.29, 1.82) is 0 Å². The fraction of sp³-hybridized carbons (Fsp3) is 0.500. The number of aromatic amines is 1. The number of pyridine rings is 1. The lowest BCUT2D eigenvalue weighted by atomic mass is 10.2. The van der Waals surface area contributed by atoms with Crippen molar-refractivity contribution in [2.24, 2.45) is 5.92 Å². The van der Waals surface area contributed by atoms with Gasteiger partial charge < -0.3 is 10.3 Å². The van der Waals surface area contributed by atoms with Crippen LogP contribution in [-0.4, -0.2) is 31.9 Å². The smallest absolute Gasteiger partial charge is 0.247 e. The van der Waals surface area contributed by atoms with Gasteiger partial charge in [-0.3, -0.25) is 9.59 Å². The number of hydrogen-bond donors (Lipinski definition) is 3. The molecule has 1 unspecified atom stereocenters. The van der Waals surface area contributed by atoms with Gasteiger partial charge in [-0.05, 0) is 18.9 Å². The van der Waals surface area contributed by atoms with E-state index in [1.54, 1.807) is 0 Å². The Labute approximate surface area is 117 Å². The molecular weight excluding hydrogens is 282 g/mol. The molecule has 3 N–H and O–H groups in total. The van der Waals surface area contributed by atoms with E-state index < -0.39 is 27.5 Å². The number of amides is 1. The van der Waals surface area contributed by atoms with Gasteiger partial charge in [0.15, 0.2) is 0 Å². The molecule has 0 fully saturated rings. The van der Waals surface area contributed by atoms with Crippen molar-refractivity contribution in [2.45, 2.75) is 31.7 Å². The van der Waals surface area contributed by atoms with E-state index in [0.717, 1.165) is 12.3 Å². The fourth-order valence-corrected chi connectivity index (χ4v) is 2.55. The van der Waals surface area contributed by atoms with Crippen molar-refractivity contribution in [3.05, 3.63) is 28.7 Å². The lowest BCUT2D eigenvalue weighted by molar-refractivity contribution is -0.122. The number of aromatic nitrogens is 1. The van der Waals surface area contributed by atoms with E-state index in [1.165, 1.54) is 13.0 Å². The molecule has 0 aliphatic carbocycles. The summed E-state index contributed by atoms with van der Waals surface area (Å²) in [6.45, 7) is 5.81. The second kappa shape index (κ2) is 6.67. The first-order valence-electron chi connectivity index (χ1n) is 6.21. The van der Waals surface area contributed by atoms with Crippen molar-refractivity contribution in [3.8, 4) is 0 Å². The lowest BCUT2D eigenvalue weighted by Gasteiger charge is -2.15. The van der Waals surface area contributed by atoms with Crippen molar-refractivity contribution < 1.29 is 13.2 Å². The van der Waals surface area contributed by atoms with E-state index in [-0.39, 0.29) is 10.8 Å². The lowest BCUT2D eigenvalue weighted by Crippen LogP contribution is -2.45. The molecule has 0 radical (unpaired) electrons. The summed E-state index contributed by atoms with van der Waals surface area (Å²) in [5.41, 5.74) is -0.397. The maximum absolute atomic E-state index is 12.0. The zero-order valence-corrected chi connectivity index (χ0v) is 12.5. The molecule has 0 bridgehead atoms. The third-order valence-electron chi connectivity index (χ3n) is 2.48. The SMILES string of the molecule is CC(C)CNC(=O)C(C)NS(=O)(=O)c1ccc(=O)[nH]c1. The average molecular weight is 301 g/mol. The zero-order valence-electron chi connectivity index (χ0n) is 11.6. The van der Waals surface area contributed by atoms with E-state index in [1.807, 2.05) is 13.8 Å². The minimum Gasteiger partial charge on any atom is -0.354 e. The van der Waals surface area contributed by atoms with Gasteiger partial charge in [-0.2, -0.15) is 4.72 Å². The Morgan fingerprint density at radius 2 is 1.95 bits per heavy atom. The Hall–Kier alpha value is -1.67. The summed E-state index contributed by atoms with van der Waals surface area (Å²) in [5, 5.41) is 2.64. The summed E-state index contributed by atoms with van der Waals surface area (Å²) in [5.74, 6) is -0.117. The van der Waals surface area contributed by atoms with Crippen LogP contribution < -0.4 is 15.6 Å². The van der Waals surface area contributed by atoms with E-state index in [0.29, 0.717) is 6.54 Å². The highest BCUT2D eigenvalue weighted by atomic mass is 32.2. The minimum absolute atomic E-state index is 0.0967. The van der Waals surface area contributed by atoms with Crippen LogP contribution in [0.1, 0.15) is 20.8 Å². The van der Waals surface area contributed by atoms with Crippen molar-refractivity contribution in [2.75, 3.05) is 6.54 Å². The maximum Gasteiger partial charge on any atom is 0.247 e.